The minimum atomic E-state index is 0.294. The van der Waals surface area contributed by atoms with Gasteiger partial charge in [-0.3, -0.25) is 5.10 Å². The summed E-state index contributed by atoms with van der Waals surface area (Å²) in [5, 5.41) is 10.4. The molecule has 19 heavy (non-hydrogen) atoms. The van der Waals surface area contributed by atoms with E-state index >= 15 is 0 Å². The highest BCUT2D eigenvalue weighted by Crippen LogP contribution is 2.45. The molecule has 0 aliphatic heterocycles. The van der Waals surface area contributed by atoms with Gasteiger partial charge >= 0.3 is 0 Å². The molecule has 3 unspecified atom stereocenters. The van der Waals surface area contributed by atoms with Crippen LogP contribution in [-0.2, 0) is 11.2 Å². The number of rotatable bonds is 8. The number of aromatic amines is 1. The first-order valence-corrected chi connectivity index (χ1v) is 7.40. The highest BCUT2D eigenvalue weighted by atomic mass is 16.5. The zero-order valence-electron chi connectivity index (χ0n) is 12.3. The van der Waals surface area contributed by atoms with Crippen molar-refractivity contribution in [3.05, 3.63) is 12.2 Å². The van der Waals surface area contributed by atoms with E-state index in [-0.39, 0.29) is 0 Å². The summed E-state index contributed by atoms with van der Waals surface area (Å²) >= 11 is 0. The SMILES string of the molecule is CCOC1CC(NCCCc2ncn[nH]2)C1(C)CC. The van der Waals surface area contributed by atoms with Gasteiger partial charge < -0.3 is 10.1 Å². The third-order valence-electron chi connectivity index (χ3n) is 4.56. The van der Waals surface area contributed by atoms with Crippen LogP contribution in [-0.4, -0.2) is 40.5 Å². The van der Waals surface area contributed by atoms with E-state index in [0.29, 0.717) is 17.6 Å². The zero-order valence-corrected chi connectivity index (χ0v) is 12.3. The molecule has 0 aromatic carbocycles. The molecule has 0 bridgehead atoms. The normalized spacial score (nSPS) is 30.3. The molecule has 1 aromatic rings. The maximum atomic E-state index is 5.82. The van der Waals surface area contributed by atoms with Gasteiger partial charge in [0.05, 0.1) is 6.10 Å². The number of ether oxygens (including phenoxy) is 1. The fourth-order valence-electron chi connectivity index (χ4n) is 2.95. The lowest BCUT2D eigenvalue weighted by atomic mass is 9.61. The van der Waals surface area contributed by atoms with E-state index < -0.39 is 0 Å². The topological polar surface area (TPSA) is 62.8 Å². The highest BCUT2D eigenvalue weighted by Gasteiger charge is 2.50. The van der Waals surface area contributed by atoms with Crippen LogP contribution in [0.4, 0.5) is 0 Å². The quantitative estimate of drug-likeness (QED) is 0.706. The molecule has 1 heterocycles. The molecular formula is C14H26N4O. The first-order chi connectivity index (χ1) is 9.20. The molecule has 1 saturated carbocycles. The number of hydrogen-bond acceptors (Lipinski definition) is 4. The van der Waals surface area contributed by atoms with Crippen molar-refractivity contribution in [1.29, 1.82) is 0 Å². The van der Waals surface area contributed by atoms with Crippen LogP contribution in [0.15, 0.2) is 6.33 Å². The van der Waals surface area contributed by atoms with Crippen molar-refractivity contribution in [2.24, 2.45) is 5.41 Å². The number of aromatic nitrogens is 3. The maximum absolute atomic E-state index is 5.82. The summed E-state index contributed by atoms with van der Waals surface area (Å²) in [7, 11) is 0. The molecule has 108 valence electrons. The van der Waals surface area contributed by atoms with Gasteiger partial charge in [-0.05, 0) is 32.7 Å². The van der Waals surface area contributed by atoms with Crippen LogP contribution in [0.25, 0.3) is 0 Å². The number of hydrogen-bond donors (Lipinski definition) is 2. The predicted molar refractivity (Wildman–Crippen MR) is 74.9 cm³/mol. The Bertz CT molecular complexity index is 368. The second kappa shape index (κ2) is 6.48. The van der Waals surface area contributed by atoms with E-state index in [2.05, 4.69) is 41.3 Å². The maximum Gasteiger partial charge on any atom is 0.137 e. The van der Waals surface area contributed by atoms with Gasteiger partial charge in [0.2, 0.25) is 0 Å². The third-order valence-corrected chi connectivity index (χ3v) is 4.56. The van der Waals surface area contributed by atoms with Gasteiger partial charge in [0, 0.05) is 24.5 Å². The van der Waals surface area contributed by atoms with Crippen molar-refractivity contribution in [1.82, 2.24) is 20.5 Å². The van der Waals surface area contributed by atoms with Gasteiger partial charge in [0.15, 0.2) is 0 Å². The highest BCUT2D eigenvalue weighted by molar-refractivity contribution is 5.04. The molecule has 5 heteroatoms. The van der Waals surface area contributed by atoms with Crippen LogP contribution in [0.3, 0.4) is 0 Å². The standard InChI is InChI=1S/C14H26N4O/c1-4-14(3)11(9-12(14)19-5-2)15-8-6-7-13-16-10-17-18-13/h10-12,15H,4-9H2,1-3H3,(H,16,17,18). The molecule has 1 aliphatic rings. The lowest BCUT2D eigenvalue weighted by Crippen LogP contribution is -2.62. The average Bonchev–Trinajstić information content (AvgIpc) is 2.93. The smallest absolute Gasteiger partial charge is 0.137 e. The summed E-state index contributed by atoms with van der Waals surface area (Å²) in [6.07, 6.45) is 6.34. The molecule has 0 saturated heterocycles. The molecule has 2 rings (SSSR count). The molecule has 5 nitrogen and oxygen atoms in total. The van der Waals surface area contributed by atoms with Crippen molar-refractivity contribution < 1.29 is 4.74 Å². The average molecular weight is 266 g/mol. The van der Waals surface area contributed by atoms with E-state index in [1.165, 1.54) is 0 Å². The Morgan fingerprint density at radius 1 is 1.53 bits per heavy atom. The minimum Gasteiger partial charge on any atom is -0.378 e. The predicted octanol–water partition coefficient (Wildman–Crippen LogP) is 1.92. The van der Waals surface area contributed by atoms with Crippen LogP contribution >= 0.6 is 0 Å². The van der Waals surface area contributed by atoms with Gasteiger partial charge in [-0.15, -0.1) is 0 Å². The van der Waals surface area contributed by atoms with Crippen molar-refractivity contribution in [2.45, 2.75) is 58.6 Å². The van der Waals surface area contributed by atoms with Crippen LogP contribution in [0.1, 0.15) is 45.9 Å². The molecule has 0 radical (unpaired) electrons. The third kappa shape index (κ3) is 3.15. The Balaban J connectivity index is 1.69. The minimum absolute atomic E-state index is 0.294. The van der Waals surface area contributed by atoms with Crippen LogP contribution in [0.5, 0.6) is 0 Å². The summed E-state index contributed by atoms with van der Waals surface area (Å²) in [6, 6.07) is 0.587. The lowest BCUT2D eigenvalue weighted by molar-refractivity contribution is -0.125. The summed E-state index contributed by atoms with van der Waals surface area (Å²) in [4.78, 5) is 4.13. The van der Waals surface area contributed by atoms with Gasteiger partial charge in [0.25, 0.3) is 0 Å². The molecule has 1 aromatic heterocycles. The zero-order chi connectivity index (χ0) is 13.7. The van der Waals surface area contributed by atoms with Crippen LogP contribution in [0, 0.1) is 5.41 Å². The molecule has 1 aliphatic carbocycles. The number of aryl methyl sites for hydroxylation is 1. The Labute approximate surface area is 115 Å². The van der Waals surface area contributed by atoms with E-state index in [9.17, 15) is 0 Å². The van der Waals surface area contributed by atoms with Crippen molar-refractivity contribution in [3.63, 3.8) is 0 Å². The monoisotopic (exact) mass is 266 g/mol. The number of nitrogens with zero attached hydrogens (tertiary/aromatic N) is 2. The second-order valence-corrected chi connectivity index (χ2v) is 5.58. The van der Waals surface area contributed by atoms with Crippen molar-refractivity contribution >= 4 is 0 Å². The molecule has 3 atom stereocenters. The second-order valence-electron chi connectivity index (χ2n) is 5.58. The van der Waals surface area contributed by atoms with Crippen molar-refractivity contribution in [2.75, 3.05) is 13.2 Å². The summed E-state index contributed by atoms with van der Waals surface area (Å²) < 4.78 is 5.82. The Hall–Kier alpha value is -0.940. The van der Waals surface area contributed by atoms with Gasteiger partial charge in [0.1, 0.15) is 12.2 Å². The van der Waals surface area contributed by atoms with E-state index in [0.717, 1.165) is 44.7 Å². The van der Waals surface area contributed by atoms with Crippen molar-refractivity contribution in [3.8, 4) is 0 Å². The van der Waals surface area contributed by atoms with E-state index in [1.807, 2.05) is 0 Å². The molecule has 0 spiro atoms. The first-order valence-electron chi connectivity index (χ1n) is 7.40. The Morgan fingerprint density at radius 3 is 3.00 bits per heavy atom. The Morgan fingerprint density at radius 2 is 2.37 bits per heavy atom. The molecular weight excluding hydrogens is 240 g/mol. The van der Waals surface area contributed by atoms with Crippen LogP contribution in [0.2, 0.25) is 0 Å². The fourth-order valence-corrected chi connectivity index (χ4v) is 2.95. The van der Waals surface area contributed by atoms with Crippen LogP contribution < -0.4 is 5.32 Å². The van der Waals surface area contributed by atoms with Gasteiger partial charge in [-0.2, -0.15) is 5.10 Å². The van der Waals surface area contributed by atoms with E-state index in [1.54, 1.807) is 6.33 Å². The molecule has 0 amide bonds. The fraction of sp³-hybridized carbons (Fsp3) is 0.857. The number of H-pyrrole nitrogens is 1. The first kappa shape index (κ1) is 14.5. The summed E-state index contributed by atoms with van der Waals surface area (Å²) in [5.74, 6) is 0.973. The lowest BCUT2D eigenvalue weighted by Gasteiger charge is -2.53. The van der Waals surface area contributed by atoms with Gasteiger partial charge in [-0.25, -0.2) is 4.98 Å². The van der Waals surface area contributed by atoms with E-state index in [4.69, 9.17) is 4.74 Å². The summed E-state index contributed by atoms with van der Waals surface area (Å²) in [6.45, 7) is 8.52. The Kier molecular flexibility index (Phi) is 4.93. The summed E-state index contributed by atoms with van der Waals surface area (Å²) in [5.41, 5.74) is 0.294. The molecule has 2 N–H and O–H groups in total. The molecule has 1 fully saturated rings. The largest absolute Gasteiger partial charge is 0.378 e. The number of nitrogens with one attached hydrogen (secondary N) is 2. The van der Waals surface area contributed by atoms with Gasteiger partial charge in [-0.1, -0.05) is 13.8 Å².